The van der Waals surface area contributed by atoms with Crippen molar-refractivity contribution >= 4 is 26.5 Å². The second-order valence-electron chi connectivity index (χ2n) is 5.32. The van der Waals surface area contributed by atoms with Crippen molar-refractivity contribution in [3.63, 3.8) is 0 Å². The zero-order valence-electron chi connectivity index (χ0n) is 13.0. The third-order valence-electron chi connectivity index (χ3n) is 3.57. The minimum Gasteiger partial charge on any atom is -0.196 e. The van der Waals surface area contributed by atoms with Crippen LogP contribution in [0.2, 0.25) is 0 Å². The van der Waals surface area contributed by atoms with E-state index in [1.807, 2.05) is 0 Å². The summed E-state index contributed by atoms with van der Waals surface area (Å²) in [5.74, 6) is 0. The number of alkyl halides is 6. The Morgan fingerprint density at radius 1 is 1.12 bits per heavy atom. The topological polar surface area (TPSA) is 43.4 Å². The average Bonchev–Trinajstić information content (AvgIpc) is 2.74. The molecule has 11 heteroatoms. The summed E-state index contributed by atoms with van der Waals surface area (Å²) in [5, 5.41) is 0. The summed E-state index contributed by atoms with van der Waals surface area (Å²) in [5.41, 5.74) is -10.8. The first-order chi connectivity index (χ1) is 11.3. The molecule has 0 spiro atoms. The maximum absolute atomic E-state index is 14.0. The van der Waals surface area contributed by atoms with E-state index in [0.717, 1.165) is 12.1 Å². The lowest BCUT2D eigenvalue weighted by molar-refractivity contribution is -0.0546. The fraction of sp³-hybridized carbons (Fsp3) is 0.429. The van der Waals surface area contributed by atoms with Crippen LogP contribution in [0.25, 0.3) is 6.08 Å². The van der Waals surface area contributed by atoms with Gasteiger partial charge in [-0.3, -0.25) is 0 Å². The van der Waals surface area contributed by atoms with Crippen LogP contribution in [0, 0.1) is 6.92 Å². The van der Waals surface area contributed by atoms with Crippen LogP contribution in [-0.4, -0.2) is 19.4 Å². The number of hydrogen-bond acceptors (Lipinski definition) is 3. The maximum atomic E-state index is 14.0. The van der Waals surface area contributed by atoms with Gasteiger partial charge in [-0.15, -0.1) is 0 Å². The highest BCUT2D eigenvalue weighted by atomic mass is 32.3. The Hall–Kier alpha value is -1.20. The van der Waals surface area contributed by atoms with Gasteiger partial charge in [0.05, 0.1) is 0 Å². The minimum absolute atomic E-state index is 0.0515. The summed E-state index contributed by atoms with van der Waals surface area (Å²) < 4.78 is 107. The number of rotatable bonds is 4. The molecular weight excluding hydrogens is 394 g/mol. The molecule has 1 unspecified atom stereocenters. The Balaban J connectivity index is 2.81. The van der Waals surface area contributed by atoms with Gasteiger partial charge in [-0.2, -0.15) is 38.4 Å². The molecule has 25 heavy (non-hydrogen) atoms. The Bertz CT molecular complexity index is 811. The van der Waals surface area contributed by atoms with Crippen molar-refractivity contribution in [2.75, 3.05) is 0 Å². The van der Waals surface area contributed by atoms with Crippen molar-refractivity contribution < 1.29 is 38.4 Å². The fourth-order valence-corrected chi connectivity index (χ4v) is 7.24. The minimum atomic E-state index is -6.45. The van der Waals surface area contributed by atoms with Crippen LogP contribution in [0.5, 0.6) is 0 Å². The SMILES string of the molecule is CCCC1=Cc2c(C)cccc2S1(OS(=O)(=O)C(F)(F)F)C(F)(F)F. The number of fused-ring (bicyclic) bond motifs is 1. The van der Waals surface area contributed by atoms with E-state index in [0.29, 0.717) is 5.56 Å². The molecular formula is C14H14F6O3S2. The van der Waals surface area contributed by atoms with E-state index < -0.39 is 41.2 Å². The molecule has 1 aliphatic rings. The number of halogens is 6. The van der Waals surface area contributed by atoms with E-state index in [-0.39, 0.29) is 18.4 Å². The highest BCUT2D eigenvalue weighted by molar-refractivity contribution is 8.37. The van der Waals surface area contributed by atoms with Crippen LogP contribution in [-0.2, 0) is 13.7 Å². The van der Waals surface area contributed by atoms with Gasteiger partial charge in [0.1, 0.15) is 0 Å². The highest BCUT2D eigenvalue weighted by Crippen LogP contribution is 2.78. The number of benzene rings is 1. The molecule has 2 rings (SSSR count). The lowest BCUT2D eigenvalue weighted by Crippen LogP contribution is -2.32. The van der Waals surface area contributed by atoms with Gasteiger partial charge < -0.3 is 0 Å². The van der Waals surface area contributed by atoms with Gasteiger partial charge in [0.2, 0.25) is 0 Å². The molecule has 1 aliphatic heterocycles. The monoisotopic (exact) mass is 408 g/mol. The Morgan fingerprint density at radius 3 is 2.20 bits per heavy atom. The van der Waals surface area contributed by atoms with Crippen molar-refractivity contribution in [1.29, 1.82) is 0 Å². The van der Waals surface area contributed by atoms with Gasteiger partial charge >= 0.3 is 21.1 Å². The smallest absolute Gasteiger partial charge is 0.196 e. The van der Waals surface area contributed by atoms with Crippen molar-refractivity contribution in [1.82, 2.24) is 0 Å². The van der Waals surface area contributed by atoms with E-state index in [4.69, 9.17) is 0 Å². The quantitative estimate of drug-likeness (QED) is 0.480. The van der Waals surface area contributed by atoms with Gasteiger partial charge in [0.25, 0.3) is 0 Å². The maximum Gasteiger partial charge on any atom is 0.523 e. The fourth-order valence-electron chi connectivity index (χ4n) is 2.50. The highest BCUT2D eigenvalue weighted by Gasteiger charge is 2.64. The third-order valence-corrected chi connectivity index (χ3v) is 8.35. The van der Waals surface area contributed by atoms with Gasteiger partial charge in [0.15, 0.2) is 0 Å². The van der Waals surface area contributed by atoms with Gasteiger partial charge in [-0.1, -0.05) is 25.5 Å². The zero-order chi connectivity index (χ0) is 19.3. The normalized spacial score (nSPS) is 23.8. The first-order valence-electron chi connectivity index (χ1n) is 7.00. The number of allylic oxidation sites excluding steroid dienone is 1. The largest absolute Gasteiger partial charge is 0.523 e. The van der Waals surface area contributed by atoms with E-state index >= 15 is 0 Å². The summed E-state index contributed by atoms with van der Waals surface area (Å²) in [6.07, 6.45) is 1.04. The van der Waals surface area contributed by atoms with Crippen molar-refractivity contribution in [3.8, 4) is 0 Å². The Kier molecular flexibility index (Phi) is 4.99. The molecule has 0 fully saturated rings. The number of aryl methyl sites for hydroxylation is 1. The molecule has 1 aromatic rings. The van der Waals surface area contributed by atoms with E-state index in [1.54, 1.807) is 0 Å². The van der Waals surface area contributed by atoms with Gasteiger partial charge in [-0.05, 0) is 36.6 Å². The molecule has 0 radical (unpaired) electrons. The van der Waals surface area contributed by atoms with E-state index in [1.165, 1.54) is 26.0 Å². The molecule has 142 valence electrons. The summed E-state index contributed by atoms with van der Waals surface area (Å²) in [6.45, 7) is 3.03. The second kappa shape index (κ2) is 6.20. The first kappa shape index (κ1) is 20.1. The van der Waals surface area contributed by atoms with Crippen LogP contribution >= 0.6 is 10.3 Å². The Morgan fingerprint density at radius 2 is 1.72 bits per heavy atom. The van der Waals surface area contributed by atoms with Crippen LogP contribution in [0.15, 0.2) is 28.0 Å². The molecule has 1 aromatic carbocycles. The molecule has 1 heterocycles. The Labute approximate surface area is 142 Å². The summed E-state index contributed by atoms with van der Waals surface area (Å²) in [4.78, 5) is -1.06. The molecule has 0 saturated carbocycles. The number of hydrogen-bond donors (Lipinski definition) is 0. The van der Waals surface area contributed by atoms with Crippen LogP contribution in [0.3, 0.4) is 0 Å². The van der Waals surface area contributed by atoms with Crippen LogP contribution < -0.4 is 0 Å². The molecule has 0 saturated heterocycles. The lowest BCUT2D eigenvalue weighted by Gasteiger charge is -2.39. The molecule has 0 N–H and O–H groups in total. The summed E-state index contributed by atoms with van der Waals surface area (Å²) in [7, 11) is -11.3. The van der Waals surface area contributed by atoms with Gasteiger partial charge in [0, 0.05) is 20.1 Å². The summed E-state index contributed by atoms with van der Waals surface area (Å²) in [6, 6.07) is 3.69. The third kappa shape index (κ3) is 3.17. The molecule has 0 aliphatic carbocycles. The molecule has 0 aromatic heterocycles. The molecule has 0 amide bonds. The van der Waals surface area contributed by atoms with Crippen LogP contribution in [0.1, 0.15) is 30.9 Å². The predicted molar refractivity (Wildman–Crippen MR) is 82.0 cm³/mol. The summed E-state index contributed by atoms with van der Waals surface area (Å²) >= 11 is 0. The molecule has 0 bridgehead atoms. The van der Waals surface area contributed by atoms with Crippen molar-refractivity contribution in [3.05, 3.63) is 34.2 Å². The average molecular weight is 408 g/mol. The van der Waals surface area contributed by atoms with E-state index in [9.17, 15) is 34.8 Å². The molecule has 1 atom stereocenters. The van der Waals surface area contributed by atoms with Crippen molar-refractivity contribution in [2.24, 2.45) is 0 Å². The van der Waals surface area contributed by atoms with Crippen LogP contribution in [0.4, 0.5) is 26.3 Å². The van der Waals surface area contributed by atoms with Gasteiger partial charge in [-0.25, -0.2) is 0 Å². The van der Waals surface area contributed by atoms with E-state index in [2.05, 4.69) is 3.63 Å². The lowest BCUT2D eigenvalue weighted by atomic mass is 10.1. The standard InChI is InChI=1S/C14H14F6O3S2/c1-3-5-10-8-11-9(2)6-4-7-12(11)24(10,13(15,16)17)23-25(21,22)14(18,19)20/h4,6-8H,3,5H2,1-2H3. The molecule has 3 nitrogen and oxygen atoms in total. The van der Waals surface area contributed by atoms with Crippen molar-refractivity contribution in [2.45, 2.75) is 42.6 Å². The zero-order valence-corrected chi connectivity index (χ0v) is 14.7. The predicted octanol–water partition coefficient (Wildman–Crippen LogP) is 5.61. The first-order valence-corrected chi connectivity index (χ1v) is 9.97. The second-order valence-corrected chi connectivity index (χ2v) is 9.77.